The summed E-state index contributed by atoms with van der Waals surface area (Å²) >= 11 is 0. The van der Waals surface area contributed by atoms with Crippen LogP contribution in [0.15, 0.2) is 52.1 Å². The number of methoxy groups -OCH3 is 1. The van der Waals surface area contributed by atoms with Crippen molar-refractivity contribution in [3.63, 3.8) is 0 Å². The van der Waals surface area contributed by atoms with Crippen LogP contribution in [0.4, 0.5) is 11.6 Å². The first kappa shape index (κ1) is 18.0. The second-order valence-corrected chi connectivity index (χ2v) is 7.00. The third kappa shape index (κ3) is 3.09. The van der Waals surface area contributed by atoms with Gasteiger partial charge in [0.1, 0.15) is 5.75 Å². The maximum atomic E-state index is 12.6. The fourth-order valence-corrected chi connectivity index (χ4v) is 3.47. The van der Waals surface area contributed by atoms with E-state index in [-0.39, 0.29) is 6.54 Å². The molecule has 1 aromatic heterocycles. The Bertz CT molecular complexity index is 1150. The third-order valence-electron chi connectivity index (χ3n) is 5.11. The Morgan fingerprint density at radius 3 is 2.46 bits per heavy atom. The molecule has 0 radical (unpaired) electrons. The number of benzene rings is 2. The van der Waals surface area contributed by atoms with Crippen molar-refractivity contribution in [3.8, 4) is 5.75 Å². The molecular formula is C21H22N4O3. The minimum absolute atomic E-state index is 0.270. The molecule has 0 saturated heterocycles. The van der Waals surface area contributed by atoms with Crippen molar-refractivity contribution in [2.24, 2.45) is 0 Å². The van der Waals surface area contributed by atoms with Gasteiger partial charge in [0.2, 0.25) is 5.95 Å². The number of ether oxygens (including phenoxy) is 1. The number of aromatic nitrogens is 3. The first-order valence-electron chi connectivity index (χ1n) is 9.17. The van der Waals surface area contributed by atoms with Gasteiger partial charge in [-0.2, -0.15) is 0 Å². The lowest BCUT2D eigenvalue weighted by Crippen LogP contribution is -2.42. The van der Waals surface area contributed by atoms with Crippen LogP contribution in [0.25, 0.3) is 0 Å². The van der Waals surface area contributed by atoms with E-state index in [0.29, 0.717) is 19.0 Å². The molecule has 0 saturated carbocycles. The molecule has 3 aromatic rings. The number of nitrogens with zero attached hydrogens (tertiary/aromatic N) is 4. The fourth-order valence-electron chi connectivity index (χ4n) is 3.47. The standard InChI is InChI=1S/C21H22N4O3/c1-14-4-5-15(2)16(12-14)13-25-20(27)19(26)24-11-10-23(21(24)22-25)17-6-8-18(28-3)9-7-17/h4-9,12H,10-11,13H2,1-3H3. The lowest BCUT2D eigenvalue weighted by molar-refractivity contribution is 0.415. The molecule has 0 aliphatic carbocycles. The Morgan fingerprint density at radius 1 is 1.00 bits per heavy atom. The van der Waals surface area contributed by atoms with Crippen molar-refractivity contribution in [2.75, 3.05) is 18.6 Å². The fraction of sp³-hybridized carbons (Fsp3) is 0.286. The molecule has 2 aromatic carbocycles. The molecule has 1 aliphatic heterocycles. The zero-order valence-electron chi connectivity index (χ0n) is 16.2. The van der Waals surface area contributed by atoms with Crippen LogP contribution in [-0.4, -0.2) is 28.0 Å². The summed E-state index contributed by atoms with van der Waals surface area (Å²) in [6.45, 7) is 5.28. The van der Waals surface area contributed by atoms with Crippen LogP contribution in [0.1, 0.15) is 16.7 Å². The van der Waals surface area contributed by atoms with Gasteiger partial charge in [0.25, 0.3) is 0 Å². The number of aryl methyl sites for hydroxylation is 2. The van der Waals surface area contributed by atoms with Gasteiger partial charge in [-0.05, 0) is 49.2 Å². The molecule has 7 nitrogen and oxygen atoms in total. The molecule has 1 aliphatic rings. The lowest BCUT2D eigenvalue weighted by atomic mass is 10.1. The van der Waals surface area contributed by atoms with Crippen LogP contribution >= 0.6 is 0 Å². The Balaban J connectivity index is 1.77. The number of hydrogen-bond donors (Lipinski definition) is 0. The minimum atomic E-state index is -0.596. The molecule has 7 heteroatoms. The van der Waals surface area contributed by atoms with E-state index < -0.39 is 11.1 Å². The van der Waals surface area contributed by atoms with E-state index in [0.717, 1.165) is 28.1 Å². The molecule has 0 bridgehead atoms. The van der Waals surface area contributed by atoms with E-state index in [2.05, 4.69) is 5.10 Å². The largest absolute Gasteiger partial charge is 0.497 e. The highest BCUT2D eigenvalue weighted by molar-refractivity contribution is 5.59. The number of rotatable bonds is 4. The van der Waals surface area contributed by atoms with E-state index in [4.69, 9.17) is 4.74 Å². The molecule has 0 fully saturated rings. The molecule has 28 heavy (non-hydrogen) atoms. The first-order valence-corrected chi connectivity index (χ1v) is 9.17. The van der Waals surface area contributed by atoms with Gasteiger partial charge in [-0.25, -0.2) is 4.68 Å². The van der Waals surface area contributed by atoms with Gasteiger partial charge in [0, 0.05) is 18.8 Å². The maximum absolute atomic E-state index is 12.6. The van der Waals surface area contributed by atoms with E-state index in [9.17, 15) is 9.59 Å². The molecular weight excluding hydrogens is 356 g/mol. The molecule has 0 spiro atoms. The second-order valence-electron chi connectivity index (χ2n) is 7.00. The van der Waals surface area contributed by atoms with Crippen LogP contribution in [-0.2, 0) is 13.1 Å². The van der Waals surface area contributed by atoms with Gasteiger partial charge < -0.3 is 9.64 Å². The van der Waals surface area contributed by atoms with E-state index in [1.807, 2.05) is 61.2 Å². The van der Waals surface area contributed by atoms with Crippen LogP contribution in [0.5, 0.6) is 5.75 Å². The van der Waals surface area contributed by atoms with Gasteiger partial charge >= 0.3 is 11.1 Å². The van der Waals surface area contributed by atoms with Gasteiger partial charge in [-0.3, -0.25) is 14.2 Å². The molecule has 0 unspecified atom stereocenters. The molecule has 4 rings (SSSR count). The van der Waals surface area contributed by atoms with E-state index in [1.54, 1.807) is 7.11 Å². The van der Waals surface area contributed by atoms with Gasteiger partial charge in [-0.1, -0.05) is 23.8 Å². The third-order valence-corrected chi connectivity index (χ3v) is 5.11. The molecule has 0 atom stereocenters. The summed E-state index contributed by atoms with van der Waals surface area (Å²) in [6.07, 6.45) is 0. The van der Waals surface area contributed by atoms with Gasteiger partial charge in [0.15, 0.2) is 0 Å². The summed E-state index contributed by atoms with van der Waals surface area (Å²) in [5.41, 5.74) is 2.91. The van der Waals surface area contributed by atoms with E-state index >= 15 is 0 Å². The van der Waals surface area contributed by atoms with Crippen LogP contribution in [0, 0.1) is 13.8 Å². The quantitative estimate of drug-likeness (QED) is 0.651. The Hall–Kier alpha value is -3.35. The minimum Gasteiger partial charge on any atom is -0.497 e. The Morgan fingerprint density at radius 2 is 1.75 bits per heavy atom. The monoisotopic (exact) mass is 378 g/mol. The number of hydrogen-bond acceptors (Lipinski definition) is 5. The Labute approximate surface area is 162 Å². The SMILES string of the molecule is COc1ccc(N2CCn3c2nn(Cc2cc(C)ccc2C)c(=O)c3=O)cc1. The summed E-state index contributed by atoms with van der Waals surface area (Å²) in [6, 6.07) is 13.6. The highest BCUT2D eigenvalue weighted by atomic mass is 16.5. The first-order chi connectivity index (χ1) is 13.5. The maximum Gasteiger partial charge on any atom is 0.333 e. The van der Waals surface area contributed by atoms with Crippen molar-refractivity contribution < 1.29 is 4.74 Å². The zero-order chi connectivity index (χ0) is 19.8. The summed E-state index contributed by atoms with van der Waals surface area (Å²) in [5.74, 6) is 1.24. The highest BCUT2D eigenvalue weighted by Crippen LogP contribution is 2.28. The average molecular weight is 378 g/mol. The van der Waals surface area contributed by atoms with Crippen molar-refractivity contribution in [1.29, 1.82) is 0 Å². The topological polar surface area (TPSA) is 69.4 Å². The summed E-state index contributed by atoms with van der Waals surface area (Å²) in [7, 11) is 1.62. The number of fused-ring (bicyclic) bond motifs is 1. The lowest BCUT2D eigenvalue weighted by Gasteiger charge is -2.18. The van der Waals surface area contributed by atoms with Gasteiger partial charge in [0.05, 0.1) is 13.7 Å². The Kier molecular flexibility index (Phi) is 4.50. The van der Waals surface area contributed by atoms with Crippen LogP contribution in [0.3, 0.4) is 0 Å². The van der Waals surface area contributed by atoms with Crippen molar-refractivity contribution in [3.05, 3.63) is 79.9 Å². The van der Waals surface area contributed by atoms with Crippen LogP contribution < -0.4 is 20.8 Å². The second kappa shape index (κ2) is 6.99. The summed E-state index contributed by atoms with van der Waals surface area (Å²) in [4.78, 5) is 27.2. The van der Waals surface area contributed by atoms with Crippen molar-refractivity contribution >= 4 is 11.6 Å². The molecule has 0 N–H and O–H groups in total. The number of anilines is 2. The normalized spacial score (nSPS) is 12.9. The molecule has 144 valence electrons. The predicted molar refractivity (Wildman–Crippen MR) is 108 cm³/mol. The van der Waals surface area contributed by atoms with Crippen molar-refractivity contribution in [1.82, 2.24) is 14.3 Å². The summed E-state index contributed by atoms with van der Waals surface area (Å²) in [5, 5.41) is 4.54. The van der Waals surface area contributed by atoms with Gasteiger partial charge in [-0.15, -0.1) is 5.10 Å². The van der Waals surface area contributed by atoms with E-state index in [1.165, 1.54) is 9.25 Å². The molecule has 2 heterocycles. The van der Waals surface area contributed by atoms with Crippen molar-refractivity contribution in [2.45, 2.75) is 26.9 Å². The molecule has 0 amide bonds. The highest BCUT2D eigenvalue weighted by Gasteiger charge is 2.26. The van der Waals surface area contributed by atoms with Crippen LogP contribution in [0.2, 0.25) is 0 Å². The zero-order valence-corrected chi connectivity index (χ0v) is 16.2. The predicted octanol–water partition coefficient (Wildman–Crippen LogP) is 2.23. The average Bonchev–Trinajstić information content (AvgIpc) is 3.12. The summed E-state index contributed by atoms with van der Waals surface area (Å²) < 4.78 is 7.93. The smallest absolute Gasteiger partial charge is 0.333 e.